The van der Waals surface area contributed by atoms with Crippen molar-refractivity contribution in [1.29, 1.82) is 0 Å². The van der Waals surface area contributed by atoms with Crippen LogP contribution < -0.4 is 0 Å². The van der Waals surface area contributed by atoms with Crippen LogP contribution in [-0.4, -0.2) is 102 Å². The highest BCUT2D eigenvalue weighted by molar-refractivity contribution is 5.86. The van der Waals surface area contributed by atoms with E-state index >= 15 is 0 Å². The summed E-state index contributed by atoms with van der Waals surface area (Å²) in [5.41, 5.74) is -0.569. The number of likely N-dealkylation sites (tertiary alicyclic amines) is 2. The largest absolute Gasteiger partial charge is 0.444 e. The molecule has 8 nitrogen and oxygen atoms in total. The Morgan fingerprint density at radius 3 is 2.11 bits per heavy atom. The van der Waals surface area contributed by atoms with Gasteiger partial charge >= 0.3 is 6.09 Å². The van der Waals surface area contributed by atoms with Crippen molar-refractivity contribution in [2.24, 2.45) is 0 Å². The number of nitrogens with zero attached hydrogens (tertiary/aromatic N) is 4. The van der Waals surface area contributed by atoms with Gasteiger partial charge in [-0.15, -0.1) is 0 Å². The van der Waals surface area contributed by atoms with Crippen LogP contribution in [0.5, 0.6) is 0 Å². The number of ether oxygens (including phenoxy) is 1. The fraction of sp³-hybridized carbons (Fsp3) is 0.850. The molecule has 0 N–H and O–H groups in total. The summed E-state index contributed by atoms with van der Waals surface area (Å²) in [7, 11) is 0. The third kappa shape index (κ3) is 5.16. The maximum atomic E-state index is 13.0. The summed E-state index contributed by atoms with van der Waals surface area (Å²) in [6.07, 6.45) is 3.30. The van der Waals surface area contributed by atoms with Gasteiger partial charge in [-0.05, 0) is 46.5 Å². The van der Waals surface area contributed by atoms with Crippen LogP contribution in [0, 0.1) is 0 Å². The molecule has 158 valence electrons. The van der Waals surface area contributed by atoms with Crippen LogP contribution in [0.1, 0.15) is 46.5 Å². The van der Waals surface area contributed by atoms with E-state index in [1.54, 1.807) is 4.90 Å². The summed E-state index contributed by atoms with van der Waals surface area (Å²) in [5.74, 6) is 0.207. The number of piperazine rings is 1. The van der Waals surface area contributed by atoms with Gasteiger partial charge in [-0.1, -0.05) is 0 Å². The Hall–Kier alpha value is -1.83. The van der Waals surface area contributed by atoms with E-state index in [2.05, 4.69) is 4.90 Å². The summed E-state index contributed by atoms with van der Waals surface area (Å²) < 4.78 is 5.46. The molecule has 0 spiro atoms. The lowest BCUT2D eigenvalue weighted by molar-refractivity contribution is -0.138. The Balaban J connectivity index is 1.48. The van der Waals surface area contributed by atoms with Crippen LogP contribution in [0.15, 0.2) is 0 Å². The molecule has 1 unspecified atom stereocenters. The average molecular weight is 395 g/mol. The summed E-state index contributed by atoms with van der Waals surface area (Å²) in [6, 6.07) is -0.423. The molecule has 0 aromatic carbocycles. The van der Waals surface area contributed by atoms with Crippen molar-refractivity contribution in [2.45, 2.75) is 58.1 Å². The van der Waals surface area contributed by atoms with Crippen molar-refractivity contribution in [3.63, 3.8) is 0 Å². The number of amides is 3. The van der Waals surface area contributed by atoms with E-state index in [9.17, 15) is 14.4 Å². The summed E-state index contributed by atoms with van der Waals surface area (Å²) in [4.78, 5) is 45.2. The second-order valence-corrected chi connectivity index (χ2v) is 9.02. The average Bonchev–Trinajstić information content (AvgIpc) is 3.32. The Kier molecular flexibility index (Phi) is 6.47. The van der Waals surface area contributed by atoms with Crippen LogP contribution in [0.4, 0.5) is 4.79 Å². The van der Waals surface area contributed by atoms with Crippen molar-refractivity contribution in [3.05, 3.63) is 0 Å². The fourth-order valence-electron chi connectivity index (χ4n) is 4.16. The first-order valence-corrected chi connectivity index (χ1v) is 10.5. The second kappa shape index (κ2) is 8.68. The van der Waals surface area contributed by atoms with Gasteiger partial charge < -0.3 is 14.5 Å². The van der Waals surface area contributed by atoms with E-state index in [1.165, 1.54) is 0 Å². The fourth-order valence-corrected chi connectivity index (χ4v) is 4.16. The zero-order valence-electron chi connectivity index (χ0n) is 17.5. The van der Waals surface area contributed by atoms with Gasteiger partial charge in [0.1, 0.15) is 11.6 Å². The van der Waals surface area contributed by atoms with Crippen molar-refractivity contribution < 1.29 is 19.1 Å². The predicted molar refractivity (Wildman–Crippen MR) is 105 cm³/mol. The molecule has 3 amide bonds. The van der Waals surface area contributed by atoms with Gasteiger partial charge in [0.05, 0.1) is 6.54 Å². The van der Waals surface area contributed by atoms with E-state index in [0.29, 0.717) is 45.7 Å². The molecule has 0 saturated carbocycles. The first-order chi connectivity index (χ1) is 13.2. The number of hydrogen-bond acceptors (Lipinski definition) is 5. The molecule has 3 aliphatic heterocycles. The highest BCUT2D eigenvalue weighted by atomic mass is 16.6. The molecule has 3 aliphatic rings. The first kappa shape index (κ1) is 20.9. The standard InChI is InChI=1S/C20H34N4O4/c1-20(2,3)28-19(27)24-10-6-7-16(24)18(26)23-13-11-21(12-14-23)15-17(25)22-8-4-5-9-22/h16H,4-15H2,1-3H3. The Bertz CT molecular complexity index is 590. The molecule has 0 aliphatic carbocycles. The van der Waals surface area contributed by atoms with Crippen molar-refractivity contribution in [2.75, 3.05) is 52.4 Å². The van der Waals surface area contributed by atoms with E-state index in [0.717, 1.165) is 32.4 Å². The van der Waals surface area contributed by atoms with Gasteiger partial charge in [-0.25, -0.2) is 4.79 Å². The zero-order chi connectivity index (χ0) is 20.3. The summed E-state index contributed by atoms with van der Waals surface area (Å²) >= 11 is 0. The highest BCUT2D eigenvalue weighted by Gasteiger charge is 2.39. The van der Waals surface area contributed by atoms with Crippen LogP contribution in [-0.2, 0) is 14.3 Å². The van der Waals surface area contributed by atoms with Gasteiger partial charge in [-0.3, -0.25) is 19.4 Å². The third-order valence-corrected chi connectivity index (χ3v) is 5.67. The summed E-state index contributed by atoms with van der Waals surface area (Å²) in [6.45, 7) is 10.9. The minimum atomic E-state index is -0.569. The second-order valence-electron chi connectivity index (χ2n) is 9.02. The van der Waals surface area contributed by atoms with Crippen LogP contribution >= 0.6 is 0 Å². The lowest BCUT2D eigenvalue weighted by atomic mass is 10.1. The van der Waals surface area contributed by atoms with Gasteiger partial charge in [-0.2, -0.15) is 0 Å². The molecular formula is C20H34N4O4. The maximum Gasteiger partial charge on any atom is 0.410 e. The van der Waals surface area contributed by atoms with Crippen LogP contribution in [0.2, 0.25) is 0 Å². The first-order valence-electron chi connectivity index (χ1n) is 10.5. The Labute approximate surface area is 167 Å². The van der Waals surface area contributed by atoms with Crippen LogP contribution in [0.25, 0.3) is 0 Å². The number of rotatable bonds is 3. The highest BCUT2D eigenvalue weighted by Crippen LogP contribution is 2.23. The zero-order valence-corrected chi connectivity index (χ0v) is 17.5. The van der Waals surface area contributed by atoms with Gasteiger partial charge in [0.25, 0.3) is 0 Å². The Morgan fingerprint density at radius 1 is 0.857 bits per heavy atom. The summed E-state index contributed by atoms with van der Waals surface area (Å²) in [5, 5.41) is 0. The molecule has 3 fully saturated rings. The molecular weight excluding hydrogens is 360 g/mol. The lowest BCUT2D eigenvalue weighted by Gasteiger charge is -2.37. The van der Waals surface area contributed by atoms with Gasteiger partial charge in [0, 0.05) is 45.8 Å². The van der Waals surface area contributed by atoms with Gasteiger partial charge in [0.15, 0.2) is 0 Å². The third-order valence-electron chi connectivity index (χ3n) is 5.67. The number of hydrogen-bond donors (Lipinski definition) is 0. The molecule has 3 heterocycles. The maximum absolute atomic E-state index is 13.0. The van der Waals surface area contributed by atoms with Crippen molar-refractivity contribution >= 4 is 17.9 Å². The predicted octanol–water partition coefficient (Wildman–Crippen LogP) is 1.15. The van der Waals surface area contributed by atoms with E-state index in [1.807, 2.05) is 30.6 Å². The van der Waals surface area contributed by atoms with Crippen molar-refractivity contribution in [3.8, 4) is 0 Å². The number of carbonyl (C=O) groups is 3. The van der Waals surface area contributed by atoms with E-state index in [4.69, 9.17) is 4.74 Å². The van der Waals surface area contributed by atoms with E-state index in [-0.39, 0.29) is 11.8 Å². The molecule has 0 aromatic rings. The molecule has 0 radical (unpaired) electrons. The minimum absolute atomic E-state index is 0.00822. The quantitative estimate of drug-likeness (QED) is 0.718. The Morgan fingerprint density at radius 2 is 1.50 bits per heavy atom. The van der Waals surface area contributed by atoms with Crippen molar-refractivity contribution in [1.82, 2.24) is 19.6 Å². The molecule has 28 heavy (non-hydrogen) atoms. The minimum Gasteiger partial charge on any atom is -0.444 e. The monoisotopic (exact) mass is 394 g/mol. The molecule has 0 aromatic heterocycles. The smallest absolute Gasteiger partial charge is 0.410 e. The topological polar surface area (TPSA) is 73.4 Å². The van der Waals surface area contributed by atoms with E-state index < -0.39 is 17.7 Å². The normalized spacial score (nSPS) is 24.0. The SMILES string of the molecule is CC(C)(C)OC(=O)N1CCCC1C(=O)N1CCN(CC(=O)N2CCCC2)CC1. The molecule has 3 saturated heterocycles. The molecule has 1 atom stereocenters. The number of carbonyl (C=O) groups excluding carboxylic acids is 3. The van der Waals surface area contributed by atoms with Gasteiger partial charge in [0.2, 0.25) is 11.8 Å². The molecule has 8 heteroatoms. The molecule has 0 bridgehead atoms. The van der Waals surface area contributed by atoms with Crippen LogP contribution in [0.3, 0.4) is 0 Å². The molecule has 3 rings (SSSR count). The lowest BCUT2D eigenvalue weighted by Crippen LogP contribution is -2.55.